The van der Waals surface area contributed by atoms with E-state index in [2.05, 4.69) is 10.9 Å². The van der Waals surface area contributed by atoms with Gasteiger partial charge in [0.1, 0.15) is 11.3 Å². The zero-order valence-corrected chi connectivity index (χ0v) is 11.7. The third kappa shape index (κ3) is 3.60. The fraction of sp³-hybridized carbons (Fsp3) is 0.0588. The topological polar surface area (TPSA) is 80.9 Å². The molecule has 2 rings (SSSR count). The molecule has 0 saturated carbocycles. The Morgan fingerprint density at radius 3 is 2.36 bits per heavy atom. The van der Waals surface area contributed by atoms with Gasteiger partial charge in [-0.3, -0.25) is 10.2 Å². The summed E-state index contributed by atoms with van der Waals surface area (Å²) in [5.74, 6) is 1.80. The van der Waals surface area contributed by atoms with Crippen molar-refractivity contribution in [1.29, 1.82) is 10.7 Å². The van der Waals surface area contributed by atoms with Crippen LogP contribution in [-0.4, -0.2) is 17.4 Å². The fourth-order valence-electron chi connectivity index (χ4n) is 1.96. The van der Waals surface area contributed by atoms with E-state index in [4.69, 9.17) is 10.7 Å². The number of hydrogen-bond acceptors (Lipinski definition) is 4. The quantitative estimate of drug-likeness (QED) is 0.393. The van der Waals surface area contributed by atoms with Crippen LogP contribution in [-0.2, 0) is 11.3 Å². The largest absolute Gasteiger partial charge is 0.286 e. The third-order valence-corrected chi connectivity index (χ3v) is 2.95. The predicted molar refractivity (Wildman–Crippen MR) is 81.5 cm³/mol. The number of aromatic nitrogens is 1. The van der Waals surface area contributed by atoms with Crippen molar-refractivity contribution >= 4 is 17.4 Å². The van der Waals surface area contributed by atoms with Gasteiger partial charge in [0.05, 0.1) is 0 Å². The van der Waals surface area contributed by atoms with Gasteiger partial charge in [0, 0.05) is 17.7 Å². The van der Waals surface area contributed by atoms with E-state index < -0.39 is 0 Å². The number of hydrogen-bond donors (Lipinski definition) is 1. The molecule has 1 aromatic carbocycles. The van der Waals surface area contributed by atoms with Gasteiger partial charge in [-0.05, 0) is 5.87 Å². The minimum Gasteiger partial charge on any atom is -0.286 e. The Morgan fingerprint density at radius 2 is 1.77 bits per heavy atom. The Morgan fingerprint density at radius 1 is 1.14 bits per heavy atom. The van der Waals surface area contributed by atoms with Crippen molar-refractivity contribution in [3.63, 3.8) is 0 Å². The molecule has 1 aromatic heterocycles. The van der Waals surface area contributed by atoms with Crippen molar-refractivity contribution in [3.8, 4) is 6.19 Å². The zero-order valence-electron chi connectivity index (χ0n) is 11.7. The first-order chi connectivity index (χ1) is 10.8. The van der Waals surface area contributed by atoms with Gasteiger partial charge in [0.15, 0.2) is 12.4 Å². The average Bonchev–Trinajstić information content (AvgIpc) is 2.56. The number of rotatable bonds is 5. The van der Waals surface area contributed by atoms with Crippen LogP contribution in [0.4, 0.5) is 0 Å². The number of nitrogens with one attached hydrogen (secondary N) is 1. The summed E-state index contributed by atoms with van der Waals surface area (Å²) in [6.45, 7) is 0.0549. The molecule has 0 spiro atoms. The van der Waals surface area contributed by atoms with Crippen LogP contribution >= 0.6 is 0 Å². The Kier molecular flexibility index (Phi) is 5.09. The molecule has 0 aliphatic rings. The van der Waals surface area contributed by atoms with Crippen LogP contribution in [0.5, 0.6) is 0 Å². The van der Waals surface area contributed by atoms with E-state index in [-0.39, 0.29) is 23.6 Å². The lowest BCUT2D eigenvalue weighted by Gasteiger charge is -2.05. The highest BCUT2D eigenvalue weighted by atomic mass is 16.1. The Labute approximate surface area is 128 Å². The number of nitrogens with zero attached hydrogens (tertiary/aromatic N) is 3. The van der Waals surface area contributed by atoms with E-state index >= 15 is 0 Å². The molecule has 0 unspecified atom stereocenters. The summed E-state index contributed by atoms with van der Waals surface area (Å²) in [6.07, 6.45) is 5.19. The van der Waals surface area contributed by atoms with Crippen LogP contribution in [0.25, 0.3) is 0 Å². The van der Waals surface area contributed by atoms with Gasteiger partial charge in [0.2, 0.25) is 18.5 Å². The van der Waals surface area contributed by atoms with E-state index in [1.165, 1.54) is 0 Å². The van der Waals surface area contributed by atoms with Gasteiger partial charge in [0.25, 0.3) is 0 Å². The molecule has 1 N–H and O–H groups in total. The smallest absolute Gasteiger partial charge is 0.239 e. The molecule has 5 nitrogen and oxygen atoms in total. The minimum absolute atomic E-state index is 0.0101. The molecule has 0 radical (unpaired) electrons. The number of pyridine rings is 1. The first-order valence-corrected chi connectivity index (χ1v) is 6.56. The zero-order chi connectivity index (χ0) is 15.8. The number of Topliss-reactive ketones (excluding diaryl/α,β-unsaturated/α-hetero) is 1. The molecule has 0 saturated heterocycles. The van der Waals surface area contributed by atoms with Crippen molar-refractivity contribution in [1.82, 2.24) is 0 Å². The molecule has 0 amide bonds. The highest BCUT2D eigenvalue weighted by Crippen LogP contribution is 2.09. The number of allylic oxidation sites excluding steroid dienone is 1. The maximum absolute atomic E-state index is 12.4. The molecular weight excluding hydrogens is 276 g/mol. The highest BCUT2D eigenvalue weighted by Gasteiger charge is 2.21. The SMILES string of the molecule is N#CN=C(C(=C=N)C(=O)C[n+]1ccccc1)c1ccccc1. The van der Waals surface area contributed by atoms with E-state index in [0.29, 0.717) is 5.56 Å². The van der Waals surface area contributed by atoms with Gasteiger partial charge in [-0.1, -0.05) is 36.4 Å². The van der Waals surface area contributed by atoms with Gasteiger partial charge in [-0.15, -0.1) is 0 Å². The summed E-state index contributed by atoms with van der Waals surface area (Å²) in [5.41, 5.74) is 0.758. The summed E-state index contributed by atoms with van der Waals surface area (Å²) in [7, 11) is 0. The van der Waals surface area contributed by atoms with Gasteiger partial charge < -0.3 is 0 Å². The molecule has 22 heavy (non-hydrogen) atoms. The van der Waals surface area contributed by atoms with Crippen LogP contribution in [0.15, 0.2) is 71.5 Å². The van der Waals surface area contributed by atoms with E-state index in [1.807, 2.05) is 24.3 Å². The molecule has 1 heterocycles. The Bertz CT molecular complexity index is 782. The molecule has 0 bridgehead atoms. The first-order valence-electron chi connectivity index (χ1n) is 6.56. The standard InChI is InChI=1S/C17H13N4O/c18-11-15(16(22)12-21-9-5-2-6-10-21)17(20-13-19)14-7-3-1-4-8-14/h1-10,18H,12H2/q+1. The molecule has 0 aliphatic carbocycles. The fourth-order valence-corrected chi connectivity index (χ4v) is 1.96. The van der Waals surface area contributed by atoms with Gasteiger partial charge in [-0.25, -0.2) is 0 Å². The van der Waals surface area contributed by atoms with Crippen LogP contribution in [0, 0.1) is 16.9 Å². The molecule has 5 heteroatoms. The van der Waals surface area contributed by atoms with Gasteiger partial charge >= 0.3 is 0 Å². The second-order valence-electron chi connectivity index (χ2n) is 4.40. The summed E-state index contributed by atoms with van der Waals surface area (Å²) in [5, 5.41) is 16.3. The van der Waals surface area contributed by atoms with Crippen LogP contribution < -0.4 is 4.57 Å². The lowest BCUT2D eigenvalue weighted by atomic mass is 10.00. The molecule has 0 aliphatic heterocycles. The lowest BCUT2D eigenvalue weighted by molar-refractivity contribution is -0.683. The van der Waals surface area contributed by atoms with Crippen molar-refractivity contribution in [3.05, 3.63) is 72.1 Å². The highest BCUT2D eigenvalue weighted by molar-refractivity contribution is 6.33. The lowest BCUT2D eigenvalue weighted by Crippen LogP contribution is -2.38. The predicted octanol–water partition coefficient (Wildman–Crippen LogP) is 1.69. The summed E-state index contributed by atoms with van der Waals surface area (Å²) < 4.78 is 1.69. The second kappa shape index (κ2) is 7.44. The number of carbonyl (C=O) groups is 1. The van der Waals surface area contributed by atoms with Crippen molar-refractivity contribution in [2.45, 2.75) is 6.54 Å². The molecule has 106 valence electrons. The van der Waals surface area contributed by atoms with Crippen molar-refractivity contribution in [2.24, 2.45) is 4.99 Å². The number of ketones is 1. The van der Waals surface area contributed by atoms with Crippen molar-refractivity contribution < 1.29 is 9.36 Å². The Balaban J connectivity index is 2.34. The maximum Gasteiger partial charge on any atom is 0.239 e. The number of benzene rings is 1. The number of nitriles is 1. The second-order valence-corrected chi connectivity index (χ2v) is 4.40. The minimum atomic E-state index is -0.330. The first kappa shape index (κ1) is 15.0. The monoisotopic (exact) mass is 289 g/mol. The van der Waals surface area contributed by atoms with Gasteiger partial charge in [-0.2, -0.15) is 14.8 Å². The van der Waals surface area contributed by atoms with Crippen molar-refractivity contribution in [2.75, 3.05) is 0 Å². The average molecular weight is 289 g/mol. The third-order valence-electron chi connectivity index (χ3n) is 2.95. The molecular formula is C17H13N4O+. The van der Waals surface area contributed by atoms with E-state index in [0.717, 1.165) is 0 Å². The summed E-state index contributed by atoms with van der Waals surface area (Å²) in [4.78, 5) is 16.1. The maximum atomic E-state index is 12.4. The van der Waals surface area contributed by atoms with Crippen LogP contribution in [0.1, 0.15) is 5.56 Å². The normalized spacial score (nSPS) is 10.4. The molecule has 0 atom stereocenters. The molecule has 2 aromatic rings. The summed E-state index contributed by atoms with van der Waals surface area (Å²) in [6, 6.07) is 14.3. The number of carbonyl (C=O) groups excluding carboxylic acids is 1. The summed E-state index contributed by atoms with van der Waals surface area (Å²) >= 11 is 0. The van der Waals surface area contributed by atoms with Crippen LogP contribution in [0.2, 0.25) is 0 Å². The van der Waals surface area contributed by atoms with E-state index in [9.17, 15) is 4.79 Å². The Hall–Kier alpha value is -3.35. The number of aliphatic imine (C=N–C) groups is 1. The van der Waals surface area contributed by atoms with Crippen LogP contribution in [0.3, 0.4) is 0 Å². The van der Waals surface area contributed by atoms with E-state index in [1.54, 1.807) is 47.4 Å². The molecule has 0 fully saturated rings.